The van der Waals surface area contributed by atoms with Gasteiger partial charge in [0.2, 0.25) is 5.88 Å². The number of ether oxygens (including phenoxy) is 1. The van der Waals surface area contributed by atoms with Crippen LogP contribution in [0.5, 0.6) is 5.88 Å². The Morgan fingerprint density at radius 3 is 2.89 bits per heavy atom. The number of urea groups is 1. The number of methoxy groups -OCH3 is 1. The summed E-state index contributed by atoms with van der Waals surface area (Å²) >= 11 is 0. The first kappa shape index (κ1) is 17.3. The molecule has 1 aliphatic heterocycles. The highest BCUT2D eigenvalue weighted by Crippen LogP contribution is 2.27. The van der Waals surface area contributed by atoms with Crippen LogP contribution in [0.3, 0.4) is 0 Å². The zero-order valence-electron chi connectivity index (χ0n) is 15.3. The maximum absolute atomic E-state index is 12.5. The minimum atomic E-state index is -0.269. The number of carbonyl (C=O) groups is 1. The van der Waals surface area contributed by atoms with Crippen LogP contribution in [0.25, 0.3) is 10.9 Å². The van der Waals surface area contributed by atoms with E-state index in [0.29, 0.717) is 11.7 Å². The number of aromatic amines is 1. The molecule has 0 saturated carbocycles. The average Bonchev–Trinajstić information content (AvgIpc) is 3.24. The number of pyridine rings is 1. The van der Waals surface area contributed by atoms with Crippen LogP contribution in [-0.2, 0) is 0 Å². The molecule has 140 valence electrons. The van der Waals surface area contributed by atoms with Crippen molar-refractivity contribution in [1.29, 1.82) is 0 Å². The number of aromatic nitrogens is 3. The van der Waals surface area contributed by atoms with Crippen molar-refractivity contribution in [3.63, 3.8) is 0 Å². The average molecular weight is 366 g/mol. The summed E-state index contributed by atoms with van der Waals surface area (Å²) < 4.78 is 5.15. The van der Waals surface area contributed by atoms with Gasteiger partial charge >= 0.3 is 6.03 Å². The quantitative estimate of drug-likeness (QED) is 0.658. The fraction of sp³-hybridized carbons (Fsp3) is 0.316. The molecule has 1 aromatic carbocycles. The Morgan fingerprint density at radius 2 is 2.11 bits per heavy atom. The molecule has 1 saturated heterocycles. The fourth-order valence-electron chi connectivity index (χ4n) is 3.62. The first-order chi connectivity index (χ1) is 13.1. The Balaban J connectivity index is 1.45. The van der Waals surface area contributed by atoms with Crippen molar-refractivity contribution in [3.05, 3.63) is 48.2 Å². The molecule has 3 N–H and O–H groups in total. The number of fused-ring (bicyclic) bond motifs is 1. The van der Waals surface area contributed by atoms with Gasteiger partial charge in [-0.05, 0) is 12.6 Å². The van der Waals surface area contributed by atoms with E-state index in [1.807, 2.05) is 18.2 Å². The Hall–Kier alpha value is -3.13. The zero-order chi connectivity index (χ0) is 18.8. The van der Waals surface area contributed by atoms with E-state index in [1.54, 1.807) is 19.4 Å². The lowest BCUT2D eigenvalue weighted by molar-refractivity contribution is 0.247. The lowest BCUT2D eigenvalue weighted by Gasteiger charge is -2.20. The fourth-order valence-corrected chi connectivity index (χ4v) is 3.62. The Morgan fingerprint density at radius 1 is 1.30 bits per heavy atom. The van der Waals surface area contributed by atoms with E-state index in [0.717, 1.165) is 24.0 Å². The molecule has 0 radical (unpaired) electrons. The SMILES string of the molecule is COc1n[nH]c2cc(NC(=O)N[C@@H]3CN(C)C[C@H]3c3ccccc3)ncc12. The monoisotopic (exact) mass is 366 g/mol. The number of nitrogens with one attached hydrogen (secondary N) is 3. The summed E-state index contributed by atoms with van der Waals surface area (Å²) in [5.41, 5.74) is 1.98. The maximum Gasteiger partial charge on any atom is 0.320 e. The summed E-state index contributed by atoms with van der Waals surface area (Å²) in [7, 11) is 3.62. The number of carbonyl (C=O) groups excluding carboxylic acids is 1. The van der Waals surface area contributed by atoms with Gasteiger partial charge in [0.05, 0.1) is 24.1 Å². The van der Waals surface area contributed by atoms with Crippen LogP contribution in [0.4, 0.5) is 10.6 Å². The largest absolute Gasteiger partial charge is 0.479 e. The first-order valence-electron chi connectivity index (χ1n) is 8.83. The number of amides is 2. The number of rotatable bonds is 4. The van der Waals surface area contributed by atoms with Gasteiger partial charge in [0, 0.05) is 31.3 Å². The predicted octanol–water partition coefficient (Wildman–Crippen LogP) is 2.19. The summed E-state index contributed by atoms with van der Waals surface area (Å²) in [5, 5.41) is 13.6. The molecule has 2 amide bonds. The standard InChI is InChI=1S/C19H22N6O2/c1-25-10-14(12-6-4-3-5-7-12)16(11-25)21-19(26)22-17-8-15-13(9-20-17)18(27-2)24-23-15/h3-9,14,16H,10-11H2,1-2H3,(H,23,24)(H2,20,21,22,26)/t14-,16+/m0/s1. The van der Waals surface area contributed by atoms with Crippen molar-refractivity contribution >= 4 is 22.8 Å². The van der Waals surface area contributed by atoms with Gasteiger partial charge in [-0.3, -0.25) is 10.4 Å². The molecule has 27 heavy (non-hydrogen) atoms. The van der Waals surface area contributed by atoms with E-state index < -0.39 is 0 Å². The third-order valence-corrected chi connectivity index (χ3v) is 4.89. The van der Waals surface area contributed by atoms with E-state index in [-0.39, 0.29) is 18.0 Å². The van der Waals surface area contributed by atoms with Crippen LogP contribution in [-0.4, -0.2) is 59.4 Å². The third kappa shape index (κ3) is 3.56. The van der Waals surface area contributed by atoms with E-state index in [1.165, 1.54) is 5.56 Å². The number of H-pyrrole nitrogens is 1. The molecular weight excluding hydrogens is 344 g/mol. The zero-order valence-corrected chi connectivity index (χ0v) is 15.3. The summed E-state index contributed by atoms with van der Waals surface area (Å²) in [6.07, 6.45) is 1.63. The van der Waals surface area contributed by atoms with Gasteiger partial charge < -0.3 is 15.0 Å². The van der Waals surface area contributed by atoms with Gasteiger partial charge in [-0.15, -0.1) is 5.10 Å². The van der Waals surface area contributed by atoms with Gasteiger partial charge in [-0.25, -0.2) is 9.78 Å². The molecule has 0 unspecified atom stereocenters. The number of anilines is 1. The van der Waals surface area contributed by atoms with Crippen molar-refractivity contribution in [2.75, 3.05) is 32.6 Å². The molecule has 1 aliphatic rings. The van der Waals surface area contributed by atoms with Crippen LogP contribution in [0.2, 0.25) is 0 Å². The van der Waals surface area contributed by atoms with Crippen LogP contribution >= 0.6 is 0 Å². The Labute approximate surface area is 156 Å². The van der Waals surface area contributed by atoms with Crippen molar-refractivity contribution in [2.45, 2.75) is 12.0 Å². The van der Waals surface area contributed by atoms with Crippen molar-refractivity contribution in [3.8, 4) is 5.88 Å². The third-order valence-electron chi connectivity index (χ3n) is 4.89. The second-order valence-electron chi connectivity index (χ2n) is 6.79. The lowest BCUT2D eigenvalue weighted by Crippen LogP contribution is -2.42. The molecule has 3 aromatic rings. The number of hydrogen-bond donors (Lipinski definition) is 3. The first-order valence-corrected chi connectivity index (χ1v) is 8.83. The lowest BCUT2D eigenvalue weighted by atomic mass is 9.94. The van der Waals surface area contributed by atoms with Gasteiger partial charge in [0.1, 0.15) is 5.82 Å². The normalized spacial score (nSPS) is 19.9. The van der Waals surface area contributed by atoms with E-state index in [4.69, 9.17) is 4.74 Å². The van der Waals surface area contributed by atoms with E-state index >= 15 is 0 Å². The van der Waals surface area contributed by atoms with Crippen LogP contribution in [0.15, 0.2) is 42.6 Å². The molecule has 3 heterocycles. The number of benzene rings is 1. The highest BCUT2D eigenvalue weighted by molar-refractivity contribution is 5.92. The molecule has 8 nitrogen and oxygen atoms in total. The highest BCUT2D eigenvalue weighted by Gasteiger charge is 2.33. The highest BCUT2D eigenvalue weighted by atomic mass is 16.5. The molecule has 2 aromatic heterocycles. The molecular formula is C19H22N6O2. The molecule has 4 rings (SSSR count). The van der Waals surface area contributed by atoms with Gasteiger partial charge in [0.15, 0.2) is 0 Å². The number of likely N-dealkylation sites (N-methyl/N-ethyl adjacent to an activating group) is 1. The van der Waals surface area contributed by atoms with Crippen LogP contribution < -0.4 is 15.4 Å². The molecule has 1 fully saturated rings. The molecule has 2 atom stereocenters. The summed E-state index contributed by atoms with van der Waals surface area (Å²) in [6, 6.07) is 11.8. The second kappa shape index (κ2) is 7.24. The van der Waals surface area contributed by atoms with Crippen LogP contribution in [0.1, 0.15) is 11.5 Å². The van der Waals surface area contributed by atoms with Gasteiger partial charge in [0.25, 0.3) is 0 Å². The van der Waals surface area contributed by atoms with Crippen molar-refractivity contribution in [2.24, 2.45) is 0 Å². The van der Waals surface area contributed by atoms with Gasteiger partial charge in [-0.1, -0.05) is 30.3 Å². The van der Waals surface area contributed by atoms with Gasteiger partial charge in [-0.2, -0.15) is 0 Å². The minimum absolute atomic E-state index is 0.0355. The van der Waals surface area contributed by atoms with E-state index in [2.05, 4.69) is 49.9 Å². The molecule has 0 aliphatic carbocycles. The molecule has 0 spiro atoms. The Kier molecular flexibility index (Phi) is 4.64. The topological polar surface area (TPSA) is 95.2 Å². The summed E-state index contributed by atoms with van der Waals surface area (Å²) in [4.78, 5) is 19.0. The molecule has 0 bridgehead atoms. The smallest absolute Gasteiger partial charge is 0.320 e. The summed E-state index contributed by atoms with van der Waals surface area (Å²) in [6.45, 7) is 1.71. The predicted molar refractivity (Wildman–Crippen MR) is 103 cm³/mol. The number of nitrogens with zero attached hydrogens (tertiary/aromatic N) is 3. The maximum atomic E-state index is 12.5. The minimum Gasteiger partial charge on any atom is -0.479 e. The summed E-state index contributed by atoms with van der Waals surface area (Å²) in [5.74, 6) is 1.19. The Bertz CT molecular complexity index is 942. The number of hydrogen-bond acceptors (Lipinski definition) is 5. The van der Waals surface area contributed by atoms with E-state index in [9.17, 15) is 4.79 Å². The van der Waals surface area contributed by atoms with Crippen LogP contribution in [0, 0.1) is 0 Å². The van der Waals surface area contributed by atoms with Crippen molar-refractivity contribution < 1.29 is 9.53 Å². The molecule has 8 heteroatoms. The second-order valence-corrected chi connectivity index (χ2v) is 6.79. The number of likely N-dealkylation sites (tertiary alicyclic amines) is 1. The van der Waals surface area contributed by atoms with Crippen molar-refractivity contribution in [1.82, 2.24) is 25.4 Å².